The number of nitrogens with zero attached hydrogens (tertiary/aromatic N) is 2. The summed E-state index contributed by atoms with van der Waals surface area (Å²) in [6.45, 7) is 0. The summed E-state index contributed by atoms with van der Waals surface area (Å²) in [6.07, 6.45) is 14.6. The van der Waals surface area contributed by atoms with E-state index in [0.717, 1.165) is 29.2 Å². The summed E-state index contributed by atoms with van der Waals surface area (Å²) in [5.41, 5.74) is 8.30. The fraction of sp³-hybridized carbons (Fsp3) is 0.0435. The zero-order valence-corrected chi connectivity index (χ0v) is 26.6. The summed E-state index contributed by atoms with van der Waals surface area (Å²) in [7, 11) is 0. The predicted molar refractivity (Wildman–Crippen MR) is 205 cm³/mol. The third kappa shape index (κ3) is 4.82. The van der Waals surface area contributed by atoms with Gasteiger partial charge in [-0.15, -0.1) is 0 Å². The van der Waals surface area contributed by atoms with E-state index in [1.807, 2.05) is 0 Å². The Morgan fingerprint density at radius 3 is 1.42 bits per heavy atom. The lowest BCUT2D eigenvalue weighted by molar-refractivity contribution is 0.763. The minimum atomic E-state index is 0.375. The first-order valence-corrected chi connectivity index (χ1v) is 16.7. The molecule has 7 aromatic rings. The third-order valence-electron chi connectivity index (χ3n) is 9.72. The molecule has 0 saturated heterocycles. The van der Waals surface area contributed by atoms with Crippen LogP contribution < -0.4 is 9.80 Å². The summed E-state index contributed by atoms with van der Waals surface area (Å²) >= 11 is 0. The van der Waals surface area contributed by atoms with Gasteiger partial charge in [-0.3, -0.25) is 0 Å². The van der Waals surface area contributed by atoms with Gasteiger partial charge < -0.3 is 9.80 Å². The first-order valence-electron chi connectivity index (χ1n) is 16.7. The molecule has 9 rings (SSSR count). The SMILES string of the molecule is C1=CC2=C(N(c3ccc(N(c4cccc5ccccc45)c4cccc5ccccc45)cc3)c3cccc4ccccc34)C=CCC2C=C1. The molecule has 0 amide bonds. The van der Waals surface area contributed by atoms with Crippen LogP contribution in [0.15, 0.2) is 199 Å². The summed E-state index contributed by atoms with van der Waals surface area (Å²) in [5, 5.41) is 7.35. The number of benzene rings is 7. The van der Waals surface area contributed by atoms with Gasteiger partial charge in [-0.1, -0.05) is 140 Å². The maximum absolute atomic E-state index is 2.45. The van der Waals surface area contributed by atoms with Crippen molar-refractivity contribution in [1.82, 2.24) is 0 Å². The number of allylic oxidation sites excluding steroid dienone is 7. The molecular formula is C46H34N2. The van der Waals surface area contributed by atoms with Crippen LogP contribution in [-0.4, -0.2) is 0 Å². The van der Waals surface area contributed by atoms with Crippen molar-refractivity contribution in [2.24, 2.45) is 5.92 Å². The molecule has 2 aliphatic carbocycles. The van der Waals surface area contributed by atoms with Crippen LogP contribution in [0.1, 0.15) is 6.42 Å². The molecule has 0 saturated carbocycles. The smallest absolute Gasteiger partial charge is 0.0540 e. The number of hydrogen-bond donors (Lipinski definition) is 0. The van der Waals surface area contributed by atoms with Gasteiger partial charge in [0.25, 0.3) is 0 Å². The molecule has 2 heteroatoms. The highest BCUT2D eigenvalue weighted by molar-refractivity contribution is 6.05. The fourth-order valence-corrected chi connectivity index (χ4v) is 7.47. The van der Waals surface area contributed by atoms with E-state index in [9.17, 15) is 0 Å². The molecule has 2 nitrogen and oxygen atoms in total. The Morgan fingerprint density at radius 1 is 0.417 bits per heavy atom. The summed E-state index contributed by atoms with van der Waals surface area (Å²) in [6, 6.07) is 55.0. The molecule has 0 aliphatic heterocycles. The third-order valence-corrected chi connectivity index (χ3v) is 9.72. The lowest BCUT2D eigenvalue weighted by Gasteiger charge is -2.34. The zero-order valence-electron chi connectivity index (χ0n) is 26.6. The molecule has 48 heavy (non-hydrogen) atoms. The van der Waals surface area contributed by atoms with E-state index in [0.29, 0.717) is 5.92 Å². The molecule has 1 unspecified atom stereocenters. The first-order chi connectivity index (χ1) is 23.8. The van der Waals surface area contributed by atoms with Gasteiger partial charge in [-0.05, 0) is 76.7 Å². The fourth-order valence-electron chi connectivity index (χ4n) is 7.47. The largest absolute Gasteiger partial charge is 0.310 e. The molecule has 1 atom stereocenters. The van der Waals surface area contributed by atoms with Crippen molar-refractivity contribution in [3.05, 3.63) is 199 Å². The minimum Gasteiger partial charge on any atom is -0.310 e. The van der Waals surface area contributed by atoms with Gasteiger partial charge in [0.1, 0.15) is 0 Å². The first kappa shape index (κ1) is 28.1. The van der Waals surface area contributed by atoms with E-state index >= 15 is 0 Å². The Bertz CT molecular complexity index is 2350. The molecule has 7 aromatic carbocycles. The van der Waals surface area contributed by atoms with Gasteiger partial charge in [0.15, 0.2) is 0 Å². The normalized spacial score (nSPS) is 15.3. The van der Waals surface area contributed by atoms with Crippen LogP contribution >= 0.6 is 0 Å². The Hall–Kier alpha value is -6.12. The second-order valence-electron chi connectivity index (χ2n) is 12.5. The second-order valence-corrected chi connectivity index (χ2v) is 12.5. The molecule has 0 radical (unpaired) electrons. The molecule has 0 N–H and O–H groups in total. The van der Waals surface area contributed by atoms with Crippen LogP contribution in [0.25, 0.3) is 32.3 Å². The van der Waals surface area contributed by atoms with Crippen LogP contribution in [0.5, 0.6) is 0 Å². The van der Waals surface area contributed by atoms with Crippen molar-refractivity contribution in [3.8, 4) is 0 Å². The van der Waals surface area contributed by atoms with Crippen molar-refractivity contribution in [3.63, 3.8) is 0 Å². The lowest BCUT2D eigenvalue weighted by atomic mass is 9.86. The number of anilines is 5. The Morgan fingerprint density at radius 2 is 0.875 bits per heavy atom. The minimum absolute atomic E-state index is 0.375. The Balaban J connectivity index is 1.25. The average Bonchev–Trinajstić information content (AvgIpc) is 3.16. The van der Waals surface area contributed by atoms with E-state index in [4.69, 9.17) is 0 Å². The molecule has 0 fully saturated rings. The molecule has 0 bridgehead atoms. The van der Waals surface area contributed by atoms with Crippen LogP contribution in [0.2, 0.25) is 0 Å². The van der Waals surface area contributed by atoms with Crippen molar-refractivity contribution >= 4 is 60.8 Å². The maximum Gasteiger partial charge on any atom is 0.0540 e. The highest BCUT2D eigenvalue weighted by Gasteiger charge is 2.25. The lowest BCUT2D eigenvalue weighted by Crippen LogP contribution is -2.21. The molecule has 0 aromatic heterocycles. The predicted octanol–water partition coefficient (Wildman–Crippen LogP) is 12.7. The van der Waals surface area contributed by atoms with E-state index in [1.165, 1.54) is 49.3 Å². The van der Waals surface area contributed by atoms with E-state index in [-0.39, 0.29) is 0 Å². The highest BCUT2D eigenvalue weighted by atomic mass is 15.2. The van der Waals surface area contributed by atoms with E-state index in [2.05, 4.69) is 198 Å². The van der Waals surface area contributed by atoms with Gasteiger partial charge in [0.2, 0.25) is 0 Å². The maximum atomic E-state index is 2.45. The van der Waals surface area contributed by atoms with Crippen LogP contribution in [0, 0.1) is 5.92 Å². The number of rotatable bonds is 6. The Labute approximate surface area is 281 Å². The average molecular weight is 615 g/mol. The van der Waals surface area contributed by atoms with Gasteiger partial charge in [-0.25, -0.2) is 0 Å². The zero-order chi connectivity index (χ0) is 31.9. The van der Waals surface area contributed by atoms with Gasteiger partial charge in [0, 0.05) is 39.1 Å². The monoisotopic (exact) mass is 614 g/mol. The van der Waals surface area contributed by atoms with Crippen molar-refractivity contribution < 1.29 is 0 Å². The van der Waals surface area contributed by atoms with Gasteiger partial charge >= 0.3 is 0 Å². The number of fused-ring (bicyclic) bond motifs is 4. The molecule has 228 valence electrons. The van der Waals surface area contributed by atoms with Crippen molar-refractivity contribution in [2.75, 3.05) is 9.80 Å². The number of hydrogen-bond acceptors (Lipinski definition) is 2. The van der Waals surface area contributed by atoms with Gasteiger partial charge in [-0.2, -0.15) is 0 Å². The van der Waals surface area contributed by atoms with Crippen LogP contribution in [-0.2, 0) is 0 Å². The standard InChI is InChI=1S/C46H34N2/c1-5-21-39-33(13-1)17-9-25-43(39)47(44-26-10-18-34-14-2-6-22-40(34)44)37-29-31-38(32-30-37)48(45-27-11-19-35-15-3-7-23-41(35)45)46-28-12-20-36-16-4-8-24-42(36)46/h1-19,21-32,36H,20H2. The van der Waals surface area contributed by atoms with Crippen LogP contribution in [0.4, 0.5) is 28.4 Å². The topological polar surface area (TPSA) is 6.48 Å². The quantitative estimate of drug-likeness (QED) is 0.184. The molecule has 0 heterocycles. The molecule has 0 spiro atoms. The van der Waals surface area contributed by atoms with Crippen molar-refractivity contribution in [1.29, 1.82) is 0 Å². The summed E-state index contributed by atoms with van der Waals surface area (Å²) in [4.78, 5) is 4.87. The Kier molecular flexibility index (Phi) is 6.98. The van der Waals surface area contributed by atoms with E-state index < -0.39 is 0 Å². The summed E-state index contributed by atoms with van der Waals surface area (Å²) < 4.78 is 0. The van der Waals surface area contributed by atoms with Gasteiger partial charge in [0.05, 0.1) is 17.1 Å². The molecular weight excluding hydrogens is 581 g/mol. The highest BCUT2D eigenvalue weighted by Crippen LogP contribution is 2.45. The summed E-state index contributed by atoms with van der Waals surface area (Å²) in [5.74, 6) is 0.375. The van der Waals surface area contributed by atoms with Crippen LogP contribution in [0.3, 0.4) is 0 Å². The second kappa shape index (κ2) is 11.9. The van der Waals surface area contributed by atoms with Crippen molar-refractivity contribution in [2.45, 2.75) is 6.42 Å². The molecule has 2 aliphatic rings. The van der Waals surface area contributed by atoms with E-state index in [1.54, 1.807) is 0 Å².